The van der Waals surface area contributed by atoms with Crippen molar-refractivity contribution in [2.24, 2.45) is 0 Å². The number of carbonyl (C=O) groups excluding carboxylic acids is 1. The van der Waals surface area contributed by atoms with Gasteiger partial charge in [-0.1, -0.05) is 0 Å². The molecule has 0 aromatic carbocycles. The molecule has 11 heavy (non-hydrogen) atoms. The lowest BCUT2D eigenvalue weighted by Crippen LogP contribution is -2.15. The van der Waals surface area contributed by atoms with Gasteiger partial charge in [0.05, 0.1) is 0 Å². The molecule has 0 aromatic heterocycles. The molecule has 0 aliphatic carbocycles. The van der Waals surface area contributed by atoms with Gasteiger partial charge in [0, 0.05) is 12.8 Å². The molecule has 1 atom stereocenters. The minimum absolute atomic E-state index is 0.0154. The van der Waals surface area contributed by atoms with Crippen LogP contribution in [0.25, 0.3) is 0 Å². The molecule has 0 saturated carbocycles. The van der Waals surface area contributed by atoms with Crippen LogP contribution in [0.3, 0.4) is 0 Å². The summed E-state index contributed by atoms with van der Waals surface area (Å²) < 4.78 is 0. The van der Waals surface area contributed by atoms with E-state index >= 15 is 0 Å². The first kappa shape index (κ1) is 10.1. The number of carbonyl (C=O) groups is 2. The molecule has 0 aromatic rings. The molecule has 64 valence electrons. The molecule has 0 aliphatic heterocycles. The van der Waals surface area contributed by atoms with E-state index in [0.29, 0.717) is 6.42 Å². The zero-order chi connectivity index (χ0) is 8.85. The maximum atomic E-state index is 10.7. The van der Waals surface area contributed by atoms with Crippen LogP contribution in [0.15, 0.2) is 0 Å². The summed E-state index contributed by atoms with van der Waals surface area (Å²) in [5.74, 6) is -1.21. The summed E-state index contributed by atoms with van der Waals surface area (Å²) in [6.45, 7) is 1.38. The van der Waals surface area contributed by atoms with Crippen LogP contribution in [-0.4, -0.2) is 28.1 Å². The minimum Gasteiger partial charge on any atom is -0.481 e. The number of hydrogen-bond donors (Lipinski definition) is 2. The number of ketones is 1. The van der Waals surface area contributed by atoms with Gasteiger partial charge in [-0.15, -0.1) is 0 Å². The number of aliphatic hydroxyl groups excluding tert-OH is 1. The molecular formula is C7H12O4. The first-order valence-electron chi connectivity index (χ1n) is 3.46. The van der Waals surface area contributed by atoms with Gasteiger partial charge in [-0.3, -0.25) is 9.59 Å². The Labute approximate surface area is 64.8 Å². The minimum atomic E-state index is -0.969. The highest BCUT2D eigenvalue weighted by molar-refractivity contribution is 5.82. The molecule has 1 unspecified atom stereocenters. The van der Waals surface area contributed by atoms with E-state index in [4.69, 9.17) is 10.2 Å². The van der Waals surface area contributed by atoms with Gasteiger partial charge in [0.25, 0.3) is 0 Å². The molecule has 0 spiro atoms. The summed E-state index contributed by atoms with van der Waals surface area (Å²) >= 11 is 0. The smallest absolute Gasteiger partial charge is 0.303 e. The number of rotatable bonds is 5. The van der Waals surface area contributed by atoms with E-state index in [9.17, 15) is 9.59 Å². The van der Waals surface area contributed by atoms with Crippen molar-refractivity contribution in [1.29, 1.82) is 0 Å². The van der Waals surface area contributed by atoms with E-state index in [1.54, 1.807) is 0 Å². The molecule has 4 heteroatoms. The standard InChI is InChI=1S/C7H12O4/c1-5(8)6(9)3-2-4-7(10)11/h5,8H,2-4H2,1H3,(H,10,11). The first-order valence-corrected chi connectivity index (χ1v) is 3.46. The fourth-order valence-corrected chi connectivity index (χ4v) is 0.623. The molecule has 4 nitrogen and oxygen atoms in total. The zero-order valence-corrected chi connectivity index (χ0v) is 6.41. The van der Waals surface area contributed by atoms with Crippen LogP contribution in [0, 0.1) is 0 Å². The monoisotopic (exact) mass is 160 g/mol. The average Bonchev–Trinajstić information content (AvgIpc) is 1.86. The highest BCUT2D eigenvalue weighted by atomic mass is 16.4. The molecule has 0 amide bonds. The van der Waals surface area contributed by atoms with Crippen molar-refractivity contribution in [3.05, 3.63) is 0 Å². The number of aliphatic carboxylic acids is 1. The number of hydrogen-bond acceptors (Lipinski definition) is 3. The summed E-state index contributed by atoms with van der Waals surface area (Å²) in [5.41, 5.74) is 0. The second-order valence-electron chi connectivity index (χ2n) is 2.39. The normalized spacial score (nSPS) is 12.5. The van der Waals surface area contributed by atoms with Crippen molar-refractivity contribution >= 4 is 11.8 Å². The molecule has 0 aliphatic rings. The van der Waals surface area contributed by atoms with Gasteiger partial charge in [0.15, 0.2) is 5.78 Å². The predicted octanol–water partition coefficient (Wildman–Crippen LogP) is 0.191. The van der Waals surface area contributed by atoms with Crippen molar-refractivity contribution in [3.63, 3.8) is 0 Å². The Morgan fingerprint density at radius 1 is 1.36 bits per heavy atom. The molecule has 0 rings (SSSR count). The first-order chi connectivity index (χ1) is 5.04. The Bertz CT molecular complexity index is 151. The Hall–Kier alpha value is -0.900. The van der Waals surface area contributed by atoms with Crippen LogP contribution in [0.1, 0.15) is 26.2 Å². The SMILES string of the molecule is CC(O)C(=O)CCCC(=O)O. The average molecular weight is 160 g/mol. The number of carboxylic acid groups (broad SMARTS) is 1. The number of Topliss-reactive ketones (excluding diaryl/α,β-unsaturated/α-hetero) is 1. The Morgan fingerprint density at radius 2 is 1.91 bits per heavy atom. The summed E-state index contributed by atoms with van der Waals surface area (Å²) in [6, 6.07) is 0. The van der Waals surface area contributed by atoms with Crippen LogP contribution in [0.4, 0.5) is 0 Å². The third-order valence-corrected chi connectivity index (χ3v) is 1.28. The van der Waals surface area contributed by atoms with Crippen LogP contribution < -0.4 is 0 Å². The van der Waals surface area contributed by atoms with Crippen molar-refractivity contribution < 1.29 is 19.8 Å². The second-order valence-corrected chi connectivity index (χ2v) is 2.39. The molecule has 0 radical (unpaired) electrons. The Kier molecular flexibility index (Phi) is 4.45. The van der Waals surface area contributed by atoms with E-state index in [1.165, 1.54) is 6.92 Å². The lowest BCUT2D eigenvalue weighted by atomic mass is 10.1. The lowest BCUT2D eigenvalue weighted by molar-refractivity contribution is -0.137. The summed E-state index contributed by atoms with van der Waals surface area (Å²) in [5, 5.41) is 16.9. The van der Waals surface area contributed by atoms with Crippen LogP contribution >= 0.6 is 0 Å². The number of carboxylic acids is 1. The fourth-order valence-electron chi connectivity index (χ4n) is 0.623. The summed E-state index contributed by atoms with van der Waals surface area (Å²) in [7, 11) is 0. The highest BCUT2D eigenvalue weighted by Gasteiger charge is 2.08. The molecule has 0 heterocycles. The van der Waals surface area contributed by atoms with Crippen molar-refractivity contribution in [2.75, 3.05) is 0 Å². The van der Waals surface area contributed by atoms with Gasteiger partial charge in [-0.2, -0.15) is 0 Å². The largest absolute Gasteiger partial charge is 0.481 e. The van der Waals surface area contributed by atoms with Crippen molar-refractivity contribution in [1.82, 2.24) is 0 Å². The third kappa shape index (κ3) is 5.54. The summed E-state index contributed by atoms with van der Waals surface area (Å²) in [4.78, 5) is 20.7. The van der Waals surface area contributed by atoms with E-state index in [2.05, 4.69) is 0 Å². The van der Waals surface area contributed by atoms with Crippen molar-refractivity contribution in [3.8, 4) is 0 Å². The lowest BCUT2D eigenvalue weighted by Gasteiger charge is -2.00. The van der Waals surface area contributed by atoms with Crippen molar-refractivity contribution in [2.45, 2.75) is 32.3 Å². The topological polar surface area (TPSA) is 74.6 Å². The number of aliphatic hydroxyl groups is 1. The maximum Gasteiger partial charge on any atom is 0.303 e. The zero-order valence-electron chi connectivity index (χ0n) is 6.41. The fraction of sp³-hybridized carbons (Fsp3) is 0.714. The van der Waals surface area contributed by atoms with E-state index in [-0.39, 0.29) is 18.6 Å². The Balaban J connectivity index is 3.39. The second kappa shape index (κ2) is 4.85. The predicted molar refractivity (Wildman–Crippen MR) is 38.2 cm³/mol. The van der Waals surface area contributed by atoms with Crippen LogP contribution in [0.2, 0.25) is 0 Å². The van der Waals surface area contributed by atoms with Gasteiger partial charge in [-0.25, -0.2) is 0 Å². The maximum absolute atomic E-state index is 10.7. The van der Waals surface area contributed by atoms with Gasteiger partial charge in [0.2, 0.25) is 0 Å². The van der Waals surface area contributed by atoms with Gasteiger partial charge < -0.3 is 10.2 Å². The highest BCUT2D eigenvalue weighted by Crippen LogP contribution is 1.99. The van der Waals surface area contributed by atoms with Crippen LogP contribution in [0.5, 0.6) is 0 Å². The summed E-state index contributed by atoms with van der Waals surface area (Å²) in [6.07, 6.45) is -0.537. The van der Waals surface area contributed by atoms with Gasteiger partial charge in [-0.05, 0) is 13.3 Å². The van der Waals surface area contributed by atoms with E-state index in [1.807, 2.05) is 0 Å². The quantitative estimate of drug-likeness (QED) is 0.602. The molecule has 0 fully saturated rings. The molecule has 0 bridgehead atoms. The Morgan fingerprint density at radius 3 is 2.27 bits per heavy atom. The molecule has 2 N–H and O–H groups in total. The molecule has 0 saturated heterocycles. The van der Waals surface area contributed by atoms with Crippen LogP contribution in [-0.2, 0) is 9.59 Å². The van der Waals surface area contributed by atoms with E-state index in [0.717, 1.165) is 0 Å². The molecular weight excluding hydrogens is 148 g/mol. The van der Waals surface area contributed by atoms with Gasteiger partial charge >= 0.3 is 5.97 Å². The third-order valence-electron chi connectivity index (χ3n) is 1.28. The van der Waals surface area contributed by atoms with E-state index < -0.39 is 12.1 Å². The van der Waals surface area contributed by atoms with Gasteiger partial charge in [0.1, 0.15) is 6.10 Å².